The third-order valence-corrected chi connectivity index (χ3v) is 11.2. The highest BCUT2D eigenvalue weighted by Crippen LogP contribution is 2.46. The van der Waals surface area contributed by atoms with Crippen LogP contribution in [0.2, 0.25) is 0 Å². The Labute approximate surface area is 283 Å². The van der Waals surface area contributed by atoms with E-state index in [-0.39, 0.29) is 5.41 Å². The molecule has 6 rings (SSSR count). The van der Waals surface area contributed by atoms with Crippen molar-refractivity contribution < 1.29 is 30.7 Å². The molecular formula is C37H43N2O7S2+. The molecule has 3 aliphatic heterocycles. The Hall–Kier alpha value is -3.77. The van der Waals surface area contributed by atoms with Gasteiger partial charge in [-0.3, -0.25) is 9.11 Å². The van der Waals surface area contributed by atoms with Crippen molar-refractivity contribution in [1.29, 1.82) is 0 Å². The van der Waals surface area contributed by atoms with E-state index < -0.39 is 42.8 Å². The number of fused-ring (bicyclic) bond motifs is 4. The fraction of sp³-hybridized carbons (Fsp3) is 0.378. The molecule has 3 aliphatic rings. The summed E-state index contributed by atoms with van der Waals surface area (Å²) in [7, 11) is -4.80. The van der Waals surface area contributed by atoms with Crippen LogP contribution in [-0.2, 0) is 25.7 Å². The number of benzene rings is 3. The third kappa shape index (κ3) is 6.13. The average Bonchev–Trinajstić information content (AvgIpc) is 2.93. The Morgan fingerprint density at radius 2 is 1.44 bits per heavy atom. The van der Waals surface area contributed by atoms with E-state index in [1.54, 1.807) is 0 Å². The second kappa shape index (κ2) is 10.9. The first-order valence-electron chi connectivity index (χ1n) is 15.8. The molecule has 0 aliphatic carbocycles. The van der Waals surface area contributed by atoms with Crippen LogP contribution in [0.25, 0.3) is 16.7 Å². The number of anilines is 1. The first kappa shape index (κ1) is 34.1. The van der Waals surface area contributed by atoms with Gasteiger partial charge in [-0.05, 0) is 59.7 Å². The second-order valence-electron chi connectivity index (χ2n) is 15.3. The van der Waals surface area contributed by atoms with Crippen LogP contribution in [-0.4, -0.2) is 62.6 Å². The highest BCUT2D eigenvalue weighted by molar-refractivity contribution is 7.86. The minimum absolute atomic E-state index is 0.154. The number of ether oxygens (including phenoxy) is 1. The highest BCUT2D eigenvalue weighted by Gasteiger charge is 2.37. The van der Waals surface area contributed by atoms with E-state index in [0.29, 0.717) is 33.8 Å². The molecule has 11 heteroatoms. The van der Waals surface area contributed by atoms with Crippen molar-refractivity contribution in [2.24, 2.45) is 0 Å². The molecule has 0 atom stereocenters. The maximum Gasteiger partial charge on any atom is 0.269 e. The van der Waals surface area contributed by atoms with Gasteiger partial charge in [0, 0.05) is 54.6 Å². The van der Waals surface area contributed by atoms with E-state index in [4.69, 9.17) is 4.74 Å². The fourth-order valence-electron chi connectivity index (χ4n) is 6.94. The molecule has 0 aromatic heterocycles. The smallest absolute Gasteiger partial charge is 0.269 e. The number of rotatable bonds is 5. The van der Waals surface area contributed by atoms with Crippen LogP contribution in [0, 0.1) is 0 Å². The lowest BCUT2D eigenvalue weighted by molar-refractivity contribution is 0.433. The predicted molar refractivity (Wildman–Crippen MR) is 191 cm³/mol. The number of likely N-dealkylation sites (N-methyl/N-ethyl adjacent to an activating group) is 2. The zero-order chi connectivity index (χ0) is 35.4. The Bertz CT molecular complexity index is 2330. The summed E-state index contributed by atoms with van der Waals surface area (Å²) in [5, 5.41) is 1.49. The molecule has 0 radical (unpaired) electrons. The van der Waals surface area contributed by atoms with Crippen molar-refractivity contribution in [2.75, 3.05) is 30.5 Å². The molecule has 9 nitrogen and oxygen atoms in total. The number of nitrogens with zero attached hydrogens (tertiary/aromatic N) is 2. The van der Waals surface area contributed by atoms with Gasteiger partial charge in [0.2, 0.25) is 5.36 Å². The summed E-state index contributed by atoms with van der Waals surface area (Å²) in [6.07, 6.45) is 3.74. The standard InChI is InChI=1S/C37H42N2O7S2/c1-35(2,3)25-12-10-11-22(13-25)34-28-14-26-23(20-47(40,41)42)18-36(4,5)38(8)30(26)16-32(28)46-33-17-31-27(15-29(33)34)24(21-48(43,44)45)19-37(6,7)39(31)9/h10-19H,20-21H2,1-9H3,(H-,40,41,42,43,44,45)/p+1. The number of hydrogen-bond acceptors (Lipinski definition) is 6. The van der Waals surface area contributed by atoms with Crippen LogP contribution in [0.5, 0.6) is 11.5 Å². The van der Waals surface area contributed by atoms with Gasteiger partial charge in [0.1, 0.15) is 30.1 Å². The molecular weight excluding hydrogens is 649 g/mol. The quantitative estimate of drug-likeness (QED) is 0.221. The topological polar surface area (TPSA) is 124 Å². The average molecular weight is 692 g/mol. The van der Waals surface area contributed by atoms with Crippen molar-refractivity contribution in [2.45, 2.75) is 65.0 Å². The lowest BCUT2D eigenvalue weighted by Crippen LogP contribution is -2.47. The Morgan fingerprint density at radius 1 is 0.812 bits per heavy atom. The van der Waals surface area contributed by atoms with Crippen LogP contribution in [0.3, 0.4) is 0 Å². The van der Waals surface area contributed by atoms with E-state index in [1.165, 1.54) is 0 Å². The van der Waals surface area contributed by atoms with Gasteiger partial charge in [-0.2, -0.15) is 16.8 Å². The zero-order valence-corrected chi connectivity index (χ0v) is 30.5. The first-order valence-corrected chi connectivity index (χ1v) is 19.0. The molecule has 0 saturated heterocycles. The minimum Gasteiger partial charge on any atom is -0.456 e. The van der Waals surface area contributed by atoms with Gasteiger partial charge in [-0.25, -0.2) is 4.58 Å². The summed E-state index contributed by atoms with van der Waals surface area (Å²) < 4.78 is 77.5. The van der Waals surface area contributed by atoms with Crippen LogP contribution in [0.1, 0.15) is 76.3 Å². The fourth-order valence-corrected chi connectivity index (χ4v) is 8.20. The predicted octanol–water partition coefficient (Wildman–Crippen LogP) is 5.02. The molecule has 2 N–H and O–H groups in total. The summed E-state index contributed by atoms with van der Waals surface area (Å²) in [4.78, 5) is 2.06. The molecule has 0 saturated carbocycles. The van der Waals surface area contributed by atoms with E-state index in [0.717, 1.165) is 38.5 Å². The molecule has 0 amide bonds. The lowest BCUT2D eigenvalue weighted by Gasteiger charge is -2.41. The Kier molecular flexibility index (Phi) is 7.72. The Balaban J connectivity index is 1.75. The molecule has 0 spiro atoms. The molecule has 0 unspecified atom stereocenters. The van der Waals surface area contributed by atoms with Crippen LogP contribution in [0.15, 0.2) is 60.7 Å². The normalized spacial score (nSPS) is 18.2. The zero-order valence-electron chi connectivity index (χ0n) is 28.8. The SMILES string of the molecule is CN1c2cc3c(cc2C(CS(=O)(=O)O)=CC1(C)C)C(c1cccc(C(C)(C)C)c1)=c1cc2c(cc1O3)=[N+](C)C(C)(C)C=C2CS(=O)(=O)O. The van der Waals surface area contributed by atoms with Gasteiger partial charge in [0.05, 0.1) is 17.2 Å². The molecule has 3 aromatic rings. The van der Waals surface area contributed by atoms with Crippen molar-refractivity contribution in [3.05, 3.63) is 99.1 Å². The summed E-state index contributed by atoms with van der Waals surface area (Å²) in [6, 6.07) is 16.0. The van der Waals surface area contributed by atoms with Crippen molar-refractivity contribution >= 4 is 42.6 Å². The monoisotopic (exact) mass is 691 g/mol. The minimum atomic E-state index is -4.34. The van der Waals surface area contributed by atoms with Gasteiger partial charge in [-0.1, -0.05) is 51.1 Å². The van der Waals surface area contributed by atoms with Gasteiger partial charge >= 0.3 is 0 Å². The molecule has 48 heavy (non-hydrogen) atoms. The van der Waals surface area contributed by atoms with E-state index in [1.807, 2.05) is 90.3 Å². The Morgan fingerprint density at radius 3 is 2.04 bits per heavy atom. The van der Waals surface area contributed by atoms with Gasteiger partial charge in [0.25, 0.3) is 20.2 Å². The summed E-state index contributed by atoms with van der Waals surface area (Å²) in [6.45, 7) is 14.3. The summed E-state index contributed by atoms with van der Waals surface area (Å²) in [5.74, 6) is 0.0860. The van der Waals surface area contributed by atoms with Crippen LogP contribution >= 0.6 is 0 Å². The largest absolute Gasteiger partial charge is 0.456 e. The molecule has 3 heterocycles. The lowest BCUT2D eigenvalue weighted by atomic mass is 9.82. The second-order valence-corrected chi connectivity index (χ2v) is 18.2. The molecule has 3 aromatic carbocycles. The number of hydrogen-bond donors (Lipinski definition) is 2. The van der Waals surface area contributed by atoms with Crippen molar-refractivity contribution in [3.8, 4) is 11.5 Å². The highest BCUT2D eigenvalue weighted by atomic mass is 32.2. The van der Waals surface area contributed by atoms with Crippen molar-refractivity contribution in [1.82, 2.24) is 4.58 Å². The summed E-state index contributed by atoms with van der Waals surface area (Å²) in [5.41, 5.74) is 5.38. The molecule has 0 fully saturated rings. The van der Waals surface area contributed by atoms with Crippen LogP contribution in [0.4, 0.5) is 5.69 Å². The van der Waals surface area contributed by atoms with Gasteiger partial charge in [-0.15, -0.1) is 0 Å². The van der Waals surface area contributed by atoms with Gasteiger partial charge in [0.15, 0.2) is 5.54 Å². The van der Waals surface area contributed by atoms with Gasteiger partial charge < -0.3 is 9.64 Å². The summed E-state index contributed by atoms with van der Waals surface area (Å²) >= 11 is 0. The molecule has 254 valence electrons. The third-order valence-electron chi connectivity index (χ3n) is 9.85. The molecule has 0 bridgehead atoms. The maximum atomic E-state index is 12.2. The first-order chi connectivity index (χ1) is 22.0. The van der Waals surface area contributed by atoms with E-state index in [9.17, 15) is 25.9 Å². The maximum absolute atomic E-state index is 12.2. The van der Waals surface area contributed by atoms with Crippen LogP contribution < -0.4 is 24.8 Å². The van der Waals surface area contributed by atoms with E-state index in [2.05, 4.69) is 42.4 Å². The van der Waals surface area contributed by atoms with Crippen molar-refractivity contribution in [3.63, 3.8) is 0 Å². The van der Waals surface area contributed by atoms with E-state index >= 15 is 0 Å².